The molecule has 100 valence electrons. The van der Waals surface area contributed by atoms with E-state index < -0.39 is 6.04 Å². The maximum Gasteiger partial charge on any atom is 0.142 e. The Hall–Kier alpha value is -1.26. The lowest BCUT2D eigenvalue weighted by atomic mass is 9.96. The minimum atomic E-state index is -0.457. The third-order valence-electron chi connectivity index (χ3n) is 3.13. The van der Waals surface area contributed by atoms with Crippen molar-refractivity contribution >= 4 is 15.9 Å². The largest absolute Gasteiger partial charge is 0.324 e. The Morgan fingerprint density at radius 2 is 1.95 bits per heavy atom. The molecule has 2 N–H and O–H groups in total. The fourth-order valence-electron chi connectivity index (χ4n) is 2.04. The second kappa shape index (κ2) is 5.80. The van der Waals surface area contributed by atoms with Crippen LogP contribution < -0.4 is 5.73 Å². The zero-order valence-corrected chi connectivity index (χ0v) is 12.0. The van der Waals surface area contributed by atoms with Crippen LogP contribution in [0, 0.1) is 18.6 Å². The Kier molecular flexibility index (Phi) is 4.32. The molecule has 0 aliphatic carbocycles. The van der Waals surface area contributed by atoms with Crippen molar-refractivity contribution in [2.75, 3.05) is 0 Å². The smallest absolute Gasteiger partial charge is 0.142 e. The molecule has 0 aromatic heterocycles. The maximum absolute atomic E-state index is 13.9. The lowest BCUT2D eigenvalue weighted by Gasteiger charge is -2.15. The van der Waals surface area contributed by atoms with Crippen molar-refractivity contribution < 1.29 is 8.78 Å². The lowest BCUT2D eigenvalue weighted by molar-refractivity contribution is 0.573. The van der Waals surface area contributed by atoms with Crippen LogP contribution in [0.3, 0.4) is 0 Å². The molecule has 2 rings (SSSR count). The molecule has 0 amide bonds. The first-order chi connectivity index (χ1) is 8.99. The van der Waals surface area contributed by atoms with E-state index in [4.69, 9.17) is 5.73 Å². The molecule has 19 heavy (non-hydrogen) atoms. The minimum absolute atomic E-state index is 0.275. The van der Waals surface area contributed by atoms with Gasteiger partial charge < -0.3 is 5.73 Å². The van der Waals surface area contributed by atoms with Gasteiger partial charge >= 0.3 is 0 Å². The molecule has 0 aliphatic rings. The Labute approximate surface area is 119 Å². The summed E-state index contributed by atoms with van der Waals surface area (Å²) in [5, 5.41) is 0. The van der Waals surface area contributed by atoms with Crippen LogP contribution in [0.5, 0.6) is 0 Å². The van der Waals surface area contributed by atoms with E-state index in [0.717, 1.165) is 11.1 Å². The summed E-state index contributed by atoms with van der Waals surface area (Å²) < 4.78 is 27.4. The second-order valence-corrected chi connectivity index (χ2v) is 5.38. The van der Waals surface area contributed by atoms with Gasteiger partial charge in [-0.3, -0.25) is 0 Å². The van der Waals surface area contributed by atoms with Gasteiger partial charge in [0.1, 0.15) is 11.6 Å². The topological polar surface area (TPSA) is 26.0 Å². The quantitative estimate of drug-likeness (QED) is 0.895. The summed E-state index contributed by atoms with van der Waals surface area (Å²) in [7, 11) is 0. The third kappa shape index (κ3) is 3.19. The SMILES string of the molecule is Cc1cc(F)ccc1CC(N)c1cccc(Br)c1F. The Morgan fingerprint density at radius 3 is 2.63 bits per heavy atom. The van der Waals surface area contributed by atoms with Gasteiger partial charge in [0.2, 0.25) is 0 Å². The van der Waals surface area contributed by atoms with Crippen LogP contribution in [0.1, 0.15) is 22.7 Å². The van der Waals surface area contributed by atoms with Crippen molar-refractivity contribution in [1.82, 2.24) is 0 Å². The monoisotopic (exact) mass is 325 g/mol. The van der Waals surface area contributed by atoms with E-state index in [-0.39, 0.29) is 11.6 Å². The predicted octanol–water partition coefficient (Wildman–Crippen LogP) is 4.28. The lowest BCUT2D eigenvalue weighted by Crippen LogP contribution is -2.15. The second-order valence-electron chi connectivity index (χ2n) is 4.52. The number of rotatable bonds is 3. The molecular formula is C15H14BrF2N. The molecule has 0 aliphatic heterocycles. The number of benzene rings is 2. The van der Waals surface area contributed by atoms with Gasteiger partial charge in [0.25, 0.3) is 0 Å². The molecule has 0 fully saturated rings. The summed E-state index contributed by atoms with van der Waals surface area (Å²) in [6.07, 6.45) is 0.472. The number of hydrogen-bond donors (Lipinski definition) is 1. The summed E-state index contributed by atoms with van der Waals surface area (Å²) in [6, 6.07) is 9.14. The summed E-state index contributed by atoms with van der Waals surface area (Å²) in [5.74, 6) is -0.613. The first-order valence-electron chi connectivity index (χ1n) is 5.93. The maximum atomic E-state index is 13.9. The molecule has 2 aromatic carbocycles. The van der Waals surface area contributed by atoms with Crippen molar-refractivity contribution in [3.63, 3.8) is 0 Å². The fourth-order valence-corrected chi connectivity index (χ4v) is 2.42. The van der Waals surface area contributed by atoms with Crippen molar-refractivity contribution in [3.8, 4) is 0 Å². The average molecular weight is 326 g/mol. The number of nitrogens with two attached hydrogens (primary N) is 1. The van der Waals surface area contributed by atoms with Crippen molar-refractivity contribution in [3.05, 3.63) is 69.2 Å². The van der Waals surface area contributed by atoms with Gasteiger partial charge in [-0.1, -0.05) is 18.2 Å². The van der Waals surface area contributed by atoms with Crippen molar-refractivity contribution in [2.24, 2.45) is 5.73 Å². The van der Waals surface area contributed by atoms with E-state index in [1.807, 2.05) is 6.92 Å². The van der Waals surface area contributed by atoms with E-state index in [1.165, 1.54) is 12.1 Å². The Bertz CT molecular complexity index is 599. The van der Waals surface area contributed by atoms with Crippen molar-refractivity contribution in [1.29, 1.82) is 0 Å². The molecule has 1 unspecified atom stereocenters. The van der Waals surface area contributed by atoms with Crippen LogP contribution in [0.2, 0.25) is 0 Å². The normalized spacial score (nSPS) is 12.5. The molecule has 0 heterocycles. The zero-order valence-electron chi connectivity index (χ0n) is 10.5. The van der Waals surface area contributed by atoms with Gasteiger partial charge in [0, 0.05) is 11.6 Å². The van der Waals surface area contributed by atoms with E-state index in [2.05, 4.69) is 15.9 Å². The zero-order chi connectivity index (χ0) is 14.0. The average Bonchev–Trinajstić information content (AvgIpc) is 2.36. The molecule has 1 atom stereocenters. The Balaban J connectivity index is 2.25. The van der Waals surface area contributed by atoms with Crippen LogP contribution >= 0.6 is 15.9 Å². The number of hydrogen-bond acceptors (Lipinski definition) is 1. The summed E-state index contributed by atoms with van der Waals surface area (Å²) in [4.78, 5) is 0. The van der Waals surface area contributed by atoms with Crippen LogP contribution in [0.15, 0.2) is 40.9 Å². The molecule has 4 heteroatoms. The molecule has 0 radical (unpaired) electrons. The van der Waals surface area contributed by atoms with E-state index in [1.54, 1.807) is 24.3 Å². The molecule has 0 bridgehead atoms. The summed E-state index contributed by atoms with van der Waals surface area (Å²) >= 11 is 3.14. The molecule has 1 nitrogen and oxygen atoms in total. The highest BCUT2D eigenvalue weighted by Crippen LogP contribution is 2.25. The summed E-state index contributed by atoms with van der Waals surface area (Å²) in [5.41, 5.74) is 8.25. The van der Waals surface area contributed by atoms with Crippen LogP contribution in [-0.2, 0) is 6.42 Å². The molecule has 0 spiro atoms. The van der Waals surface area contributed by atoms with Crippen LogP contribution in [0.4, 0.5) is 8.78 Å². The van der Waals surface area contributed by atoms with Gasteiger partial charge in [-0.2, -0.15) is 0 Å². The first kappa shape index (κ1) is 14.2. The van der Waals surface area contributed by atoms with E-state index >= 15 is 0 Å². The molecule has 0 saturated heterocycles. The predicted molar refractivity (Wildman–Crippen MR) is 75.9 cm³/mol. The van der Waals surface area contributed by atoms with Crippen LogP contribution in [-0.4, -0.2) is 0 Å². The third-order valence-corrected chi connectivity index (χ3v) is 3.74. The van der Waals surface area contributed by atoms with Gasteiger partial charge in [-0.05, 0) is 58.6 Å². The highest BCUT2D eigenvalue weighted by Gasteiger charge is 2.15. The van der Waals surface area contributed by atoms with Crippen molar-refractivity contribution in [2.45, 2.75) is 19.4 Å². The molecule has 2 aromatic rings. The van der Waals surface area contributed by atoms with E-state index in [0.29, 0.717) is 16.5 Å². The fraction of sp³-hybridized carbons (Fsp3) is 0.200. The summed E-state index contributed by atoms with van der Waals surface area (Å²) in [6.45, 7) is 1.82. The van der Waals surface area contributed by atoms with E-state index in [9.17, 15) is 8.78 Å². The van der Waals surface area contributed by atoms with Gasteiger partial charge in [-0.15, -0.1) is 0 Å². The van der Waals surface area contributed by atoms with Gasteiger partial charge in [0.15, 0.2) is 0 Å². The highest BCUT2D eigenvalue weighted by molar-refractivity contribution is 9.10. The number of aryl methyl sites for hydroxylation is 1. The number of halogens is 3. The van der Waals surface area contributed by atoms with Gasteiger partial charge in [-0.25, -0.2) is 8.78 Å². The highest BCUT2D eigenvalue weighted by atomic mass is 79.9. The Morgan fingerprint density at radius 1 is 1.21 bits per heavy atom. The van der Waals surface area contributed by atoms with Crippen LogP contribution in [0.25, 0.3) is 0 Å². The van der Waals surface area contributed by atoms with Gasteiger partial charge in [0.05, 0.1) is 4.47 Å². The first-order valence-corrected chi connectivity index (χ1v) is 6.73. The molecular weight excluding hydrogens is 312 g/mol. The minimum Gasteiger partial charge on any atom is -0.324 e. The molecule has 0 saturated carbocycles. The standard InChI is InChI=1S/C15H14BrF2N/c1-9-7-11(17)6-5-10(9)8-14(19)12-3-2-4-13(16)15(12)18/h2-7,14H,8,19H2,1H3.